The molecule has 0 N–H and O–H groups in total. The van der Waals surface area contributed by atoms with E-state index in [1.54, 1.807) is 5.69 Å². The summed E-state index contributed by atoms with van der Waals surface area (Å²) in [7, 11) is 0. The number of fused-ring (bicyclic) bond motifs is 1. The average molecular weight is 424 g/mol. The van der Waals surface area contributed by atoms with Gasteiger partial charge in [-0.05, 0) is 74.3 Å². The predicted octanol–water partition coefficient (Wildman–Crippen LogP) is 7.15. The second kappa shape index (κ2) is 7.76. The van der Waals surface area contributed by atoms with E-state index in [4.69, 9.17) is 0 Å². The number of para-hydroxylation sites is 1. The molecule has 1 aromatic heterocycles. The van der Waals surface area contributed by atoms with E-state index in [2.05, 4.69) is 89.9 Å². The van der Waals surface area contributed by atoms with Gasteiger partial charge in [0.15, 0.2) is 11.4 Å². The van der Waals surface area contributed by atoms with Gasteiger partial charge in [0.05, 0.1) is 17.2 Å². The molecule has 1 aliphatic heterocycles. The van der Waals surface area contributed by atoms with Crippen LogP contribution in [-0.2, 0) is 5.41 Å². The highest BCUT2D eigenvalue weighted by atomic mass is 15.2. The van der Waals surface area contributed by atoms with Gasteiger partial charge in [-0.25, -0.2) is 0 Å². The van der Waals surface area contributed by atoms with Crippen LogP contribution in [0, 0.1) is 25.7 Å². The fourth-order valence-electron chi connectivity index (χ4n) is 7.36. The van der Waals surface area contributed by atoms with Crippen molar-refractivity contribution < 1.29 is 4.57 Å². The van der Waals surface area contributed by atoms with E-state index in [9.17, 15) is 0 Å². The van der Waals surface area contributed by atoms with Gasteiger partial charge in [-0.15, -0.1) is 0 Å². The summed E-state index contributed by atoms with van der Waals surface area (Å²) in [4.78, 5) is 0. The van der Waals surface area contributed by atoms with Crippen LogP contribution in [0.5, 0.6) is 0 Å². The molecule has 2 saturated carbocycles. The lowest BCUT2D eigenvalue weighted by Crippen LogP contribution is -2.43. The Morgan fingerprint density at radius 2 is 1.38 bits per heavy atom. The Kier molecular flexibility index (Phi) is 4.86. The van der Waals surface area contributed by atoms with Gasteiger partial charge in [0, 0.05) is 6.92 Å². The molecule has 2 aromatic carbocycles. The Balaban J connectivity index is 1.66. The molecular formula is C30H35N2+. The van der Waals surface area contributed by atoms with E-state index >= 15 is 0 Å². The van der Waals surface area contributed by atoms with E-state index in [-0.39, 0.29) is 5.41 Å². The number of rotatable bonds is 4. The number of imidazole rings is 1. The van der Waals surface area contributed by atoms with Crippen LogP contribution >= 0.6 is 0 Å². The van der Waals surface area contributed by atoms with Crippen molar-refractivity contribution in [2.45, 2.75) is 70.6 Å². The molecule has 0 saturated heterocycles. The Morgan fingerprint density at radius 3 is 2.00 bits per heavy atom. The number of hydrogen-bond donors (Lipinski definition) is 0. The quantitative estimate of drug-likeness (QED) is 0.394. The minimum Gasteiger partial charge on any atom is -0.198 e. The molecule has 2 nitrogen and oxygen atoms in total. The van der Waals surface area contributed by atoms with E-state index in [1.807, 2.05) is 0 Å². The van der Waals surface area contributed by atoms with Crippen molar-refractivity contribution in [2.75, 3.05) is 0 Å². The van der Waals surface area contributed by atoms with Crippen molar-refractivity contribution in [3.63, 3.8) is 0 Å². The molecular weight excluding hydrogens is 388 g/mol. The molecule has 32 heavy (non-hydrogen) atoms. The zero-order valence-corrected chi connectivity index (χ0v) is 19.6. The third kappa shape index (κ3) is 2.81. The van der Waals surface area contributed by atoms with Crippen molar-refractivity contribution in [1.82, 2.24) is 4.57 Å². The van der Waals surface area contributed by atoms with Crippen molar-refractivity contribution in [3.05, 3.63) is 77.6 Å². The topological polar surface area (TPSA) is 8.81 Å². The van der Waals surface area contributed by atoms with Crippen LogP contribution in [0.4, 0.5) is 0 Å². The summed E-state index contributed by atoms with van der Waals surface area (Å²) in [5.41, 5.74) is 7.15. The first-order valence-electron chi connectivity index (χ1n) is 12.7. The molecule has 2 fully saturated rings. The van der Waals surface area contributed by atoms with Crippen LogP contribution in [0.15, 0.2) is 60.7 Å². The summed E-state index contributed by atoms with van der Waals surface area (Å²) in [6, 6.07) is 19.9. The lowest BCUT2D eigenvalue weighted by Gasteiger charge is -2.38. The molecule has 0 amide bonds. The zero-order chi connectivity index (χ0) is 21.7. The Bertz CT molecular complexity index is 1140. The monoisotopic (exact) mass is 423 g/mol. The van der Waals surface area contributed by atoms with Gasteiger partial charge in [-0.2, -0.15) is 9.13 Å². The minimum absolute atomic E-state index is 0.203. The molecule has 2 heteroatoms. The third-order valence-electron chi connectivity index (χ3n) is 8.72. The van der Waals surface area contributed by atoms with Crippen LogP contribution in [-0.4, -0.2) is 4.57 Å². The van der Waals surface area contributed by atoms with E-state index in [0.717, 1.165) is 11.8 Å². The minimum atomic E-state index is 0.203. The number of hydrogen-bond acceptors (Lipinski definition) is 0. The second-order valence-corrected chi connectivity index (χ2v) is 10.3. The number of benzene rings is 2. The largest absolute Gasteiger partial charge is 0.299 e. The molecule has 0 atom stereocenters. The highest BCUT2D eigenvalue weighted by Crippen LogP contribution is 2.55. The summed E-state index contributed by atoms with van der Waals surface area (Å²) < 4.78 is 5.13. The molecule has 0 bridgehead atoms. The highest BCUT2D eigenvalue weighted by Gasteiger charge is 2.55. The molecule has 0 unspecified atom stereocenters. The normalized spacial score (nSPS) is 20.3. The van der Waals surface area contributed by atoms with Crippen LogP contribution in [0.1, 0.15) is 68.3 Å². The maximum Gasteiger partial charge on any atom is 0.299 e. The van der Waals surface area contributed by atoms with Crippen molar-refractivity contribution in [3.8, 4) is 17.1 Å². The van der Waals surface area contributed by atoms with E-state index < -0.39 is 0 Å². The lowest BCUT2D eigenvalue weighted by molar-refractivity contribution is -0.563. The van der Waals surface area contributed by atoms with Gasteiger partial charge in [0.25, 0.3) is 5.82 Å². The third-order valence-corrected chi connectivity index (χ3v) is 8.72. The van der Waals surface area contributed by atoms with Crippen molar-refractivity contribution in [2.24, 2.45) is 11.8 Å². The van der Waals surface area contributed by atoms with Crippen LogP contribution < -0.4 is 4.57 Å². The number of nitrogens with zero attached hydrogens (tertiary/aromatic N) is 2. The van der Waals surface area contributed by atoms with Gasteiger partial charge in [-0.1, -0.05) is 62.1 Å². The molecule has 6 rings (SSSR count). The molecule has 2 heterocycles. The number of allylic oxidation sites excluding steroid dienone is 1. The Labute approximate surface area is 192 Å². The van der Waals surface area contributed by atoms with Crippen LogP contribution in [0.2, 0.25) is 0 Å². The molecule has 0 radical (unpaired) electrons. The average Bonchev–Trinajstić information content (AvgIpc) is 3.61. The fraction of sp³-hybridized carbons (Fsp3) is 0.433. The van der Waals surface area contributed by atoms with Crippen LogP contribution in [0.3, 0.4) is 0 Å². The maximum absolute atomic E-state index is 2.65. The lowest BCUT2D eigenvalue weighted by atomic mass is 9.63. The van der Waals surface area contributed by atoms with E-state index in [1.165, 1.54) is 79.7 Å². The van der Waals surface area contributed by atoms with Crippen molar-refractivity contribution in [1.29, 1.82) is 0 Å². The van der Waals surface area contributed by atoms with Gasteiger partial charge in [0.1, 0.15) is 5.69 Å². The summed E-state index contributed by atoms with van der Waals surface area (Å²) in [5.74, 6) is 2.87. The highest BCUT2D eigenvalue weighted by molar-refractivity contribution is 5.61. The first kappa shape index (κ1) is 20.0. The first-order valence-corrected chi connectivity index (χ1v) is 12.7. The standard InChI is InChI=1S/C30H35N2/c1-22-12-6-11-19-27(22)32-23(2)28-30(25-15-7-8-16-25,26-17-9-10-18-26)20-21-31(28)29(32)24-13-4-3-5-14-24/h3-6,11-14,19-21,25-26H,7-10,15-18H2,1-2H3/q+1. The van der Waals surface area contributed by atoms with Gasteiger partial charge in [-0.3, -0.25) is 0 Å². The number of aryl methyl sites for hydroxylation is 1. The molecule has 3 aromatic rings. The maximum atomic E-state index is 2.65. The Hall–Kier alpha value is -2.61. The number of aromatic nitrogens is 2. The van der Waals surface area contributed by atoms with Gasteiger partial charge < -0.3 is 0 Å². The molecule has 0 spiro atoms. The van der Waals surface area contributed by atoms with Gasteiger partial charge in [0.2, 0.25) is 0 Å². The van der Waals surface area contributed by atoms with Crippen LogP contribution in [0.25, 0.3) is 23.3 Å². The summed E-state index contributed by atoms with van der Waals surface area (Å²) in [6.45, 7) is 4.63. The molecule has 2 aliphatic carbocycles. The summed E-state index contributed by atoms with van der Waals surface area (Å²) in [5, 5.41) is 0. The SMILES string of the molecule is Cc1ccccc1-n1c(C)c2[n+](c1-c1ccccc1)C=CC2(C1CCCC1)C1CCCC1. The molecule has 164 valence electrons. The summed E-state index contributed by atoms with van der Waals surface area (Å²) >= 11 is 0. The summed E-state index contributed by atoms with van der Waals surface area (Å²) in [6.07, 6.45) is 16.2. The van der Waals surface area contributed by atoms with Gasteiger partial charge >= 0.3 is 0 Å². The zero-order valence-electron chi connectivity index (χ0n) is 19.6. The first-order chi connectivity index (χ1) is 15.7. The smallest absolute Gasteiger partial charge is 0.198 e. The second-order valence-electron chi connectivity index (χ2n) is 10.3. The van der Waals surface area contributed by atoms with Crippen molar-refractivity contribution >= 4 is 6.20 Å². The Morgan fingerprint density at radius 1 is 0.781 bits per heavy atom. The molecule has 3 aliphatic rings. The van der Waals surface area contributed by atoms with E-state index in [0.29, 0.717) is 0 Å². The predicted molar refractivity (Wildman–Crippen MR) is 132 cm³/mol. The fourth-order valence-corrected chi connectivity index (χ4v) is 7.36.